The zero-order chi connectivity index (χ0) is 14.9. The topological polar surface area (TPSA) is 55.2 Å². The predicted octanol–water partition coefficient (Wildman–Crippen LogP) is 5.10. The molecule has 106 valence electrons. The van der Waals surface area contributed by atoms with Gasteiger partial charge in [0, 0.05) is 16.6 Å². The molecule has 2 aromatic rings. The van der Waals surface area contributed by atoms with E-state index in [2.05, 4.69) is 30.6 Å². The Morgan fingerprint density at radius 1 is 1.35 bits per heavy atom. The normalized spacial score (nSPS) is 12.2. The van der Waals surface area contributed by atoms with Gasteiger partial charge >= 0.3 is 0 Å². The maximum Gasteiger partial charge on any atom is 0.288 e. The lowest BCUT2D eigenvalue weighted by Crippen LogP contribution is -2.07. The number of hydrogen-bond acceptors (Lipinski definition) is 4. The minimum Gasteiger partial charge on any atom is -0.377 e. The third kappa shape index (κ3) is 2.94. The number of aryl methyl sites for hydroxylation is 2. The summed E-state index contributed by atoms with van der Waals surface area (Å²) in [5.41, 5.74) is 2.80. The lowest BCUT2D eigenvalue weighted by atomic mass is 10.1. The minimum absolute atomic E-state index is 0.0605. The Labute approximate surface area is 126 Å². The highest BCUT2D eigenvalue weighted by Crippen LogP contribution is 2.33. The van der Waals surface area contributed by atoms with Crippen LogP contribution >= 0.6 is 22.9 Å². The summed E-state index contributed by atoms with van der Waals surface area (Å²) in [7, 11) is 0. The van der Waals surface area contributed by atoms with Crippen LogP contribution in [-0.2, 0) is 0 Å². The maximum absolute atomic E-state index is 10.8. The van der Waals surface area contributed by atoms with Crippen molar-refractivity contribution in [2.75, 3.05) is 5.32 Å². The number of halogens is 1. The van der Waals surface area contributed by atoms with Crippen LogP contribution in [0.3, 0.4) is 0 Å². The molecule has 0 fully saturated rings. The van der Waals surface area contributed by atoms with Gasteiger partial charge in [0.05, 0.1) is 11.0 Å². The maximum atomic E-state index is 10.8. The summed E-state index contributed by atoms with van der Waals surface area (Å²) in [5, 5.41) is 16.4. The molecule has 1 N–H and O–H groups in total. The van der Waals surface area contributed by atoms with Crippen LogP contribution in [0.25, 0.3) is 0 Å². The molecule has 0 amide bonds. The van der Waals surface area contributed by atoms with Crippen molar-refractivity contribution in [2.45, 2.75) is 26.8 Å². The van der Waals surface area contributed by atoms with Crippen LogP contribution in [0, 0.1) is 24.0 Å². The molecule has 1 atom stereocenters. The van der Waals surface area contributed by atoms with Crippen LogP contribution in [0.1, 0.15) is 29.0 Å². The smallest absolute Gasteiger partial charge is 0.288 e. The molecule has 1 heterocycles. The number of nitrogens with one attached hydrogen (secondary N) is 1. The van der Waals surface area contributed by atoms with Gasteiger partial charge in [0.15, 0.2) is 0 Å². The molecule has 20 heavy (non-hydrogen) atoms. The van der Waals surface area contributed by atoms with Gasteiger partial charge < -0.3 is 5.32 Å². The van der Waals surface area contributed by atoms with E-state index >= 15 is 0 Å². The van der Waals surface area contributed by atoms with Crippen molar-refractivity contribution in [1.82, 2.24) is 0 Å². The fourth-order valence-corrected chi connectivity index (χ4v) is 3.26. The Balaban J connectivity index is 2.28. The van der Waals surface area contributed by atoms with Crippen LogP contribution in [0.15, 0.2) is 23.6 Å². The van der Waals surface area contributed by atoms with Gasteiger partial charge in [0.25, 0.3) is 5.69 Å². The average molecular weight is 311 g/mol. The second-order valence-corrected chi connectivity index (χ2v) is 6.06. The van der Waals surface area contributed by atoms with Gasteiger partial charge in [-0.1, -0.05) is 11.6 Å². The first-order valence-corrected chi connectivity index (χ1v) is 7.41. The van der Waals surface area contributed by atoms with Crippen LogP contribution in [0.2, 0.25) is 5.02 Å². The Bertz CT molecular complexity index is 655. The van der Waals surface area contributed by atoms with Gasteiger partial charge in [-0.05, 0) is 49.4 Å². The fourth-order valence-electron chi connectivity index (χ4n) is 2.09. The zero-order valence-electron chi connectivity index (χ0n) is 11.4. The van der Waals surface area contributed by atoms with E-state index in [1.54, 1.807) is 17.4 Å². The first-order chi connectivity index (χ1) is 9.40. The van der Waals surface area contributed by atoms with Crippen LogP contribution in [0.5, 0.6) is 0 Å². The molecular weight excluding hydrogens is 296 g/mol. The zero-order valence-corrected chi connectivity index (χ0v) is 13.0. The SMILES string of the molecule is Cc1cc([N+](=O)[O-])c(Cl)cc1NC(C)c1sccc1C. The van der Waals surface area contributed by atoms with Gasteiger partial charge in [0.1, 0.15) is 5.02 Å². The lowest BCUT2D eigenvalue weighted by Gasteiger charge is -2.17. The molecule has 0 saturated carbocycles. The van der Waals surface area contributed by atoms with Gasteiger partial charge in [-0.3, -0.25) is 10.1 Å². The summed E-state index contributed by atoms with van der Waals surface area (Å²) in [6, 6.07) is 5.33. The number of anilines is 1. The summed E-state index contributed by atoms with van der Waals surface area (Å²) in [6.45, 7) is 5.97. The van der Waals surface area contributed by atoms with E-state index in [9.17, 15) is 10.1 Å². The predicted molar refractivity (Wildman–Crippen MR) is 83.9 cm³/mol. The average Bonchev–Trinajstić information content (AvgIpc) is 2.79. The van der Waals surface area contributed by atoms with E-state index in [0.29, 0.717) is 0 Å². The molecule has 0 spiro atoms. The Morgan fingerprint density at radius 3 is 2.60 bits per heavy atom. The third-order valence-electron chi connectivity index (χ3n) is 3.16. The number of hydrogen-bond donors (Lipinski definition) is 1. The molecule has 0 bridgehead atoms. The second kappa shape index (κ2) is 5.81. The lowest BCUT2D eigenvalue weighted by molar-refractivity contribution is -0.384. The van der Waals surface area contributed by atoms with Crippen molar-refractivity contribution in [1.29, 1.82) is 0 Å². The highest BCUT2D eigenvalue weighted by atomic mass is 35.5. The molecule has 0 aliphatic rings. The molecule has 6 heteroatoms. The molecule has 1 unspecified atom stereocenters. The van der Waals surface area contributed by atoms with Crippen LogP contribution < -0.4 is 5.32 Å². The largest absolute Gasteiger partial charge is 0.377 e. The molecule has 1 aromatic heterocycles. The van der Waals surface area contributed by atoms with E-state index in [-0.39, 0.29) is 16.8 Å². The van der Waals surface area contributed by atoms with E-state index < -0.39 is 4.92 Å². The summed E-state index contributed by atoms with van der Waals surface area (Å²) < 4.78 is 0. The molecule has 4 nitrogen and oxygen atoms in total. The van der Waals surface area contributed by atoms with Gasteiger partial charge in [0.2, 0.25) is 0 Å². The Morgan fingerprint density at radius 2 is 2.05 bits per heavy atom. The molecule has 0 aliphatic heterocycles. The van der Waals surface area contributed by atoms with E-state index in [1.165, 1.54) is 16.5 Å². The fraction of sp³-hybridized carbons (Fsp3) is 0.286. The minimum atomic E-state index is -0.466. The van der Waals surface area contributed by atoms with E-state index in [4.69, 9.17) is 11.6 Å². The molecule has 0 radical (unpaired) electrons. The number of benzene rings is 1. The number of rotatable bonds is 4. The van der Waals surface area contributed by atoms with Crippen molar-refractivity contribution >= 4 is 34.3 Å². The third-order valence-corrected chi connectivity index (χ3v) is 4.66. The molecular formula is C14H15ClN2O2S. The first-order valence-electron chi connectivity index (χ1n) is 6.15. The van der Waals surface area contributed by atoms with Crippen LogP contribution in [-0.4, -0.2) is 4.92 Å². The first kappa shape index (κ1) is 14.8. The summed E-state index contributed by atoms with van der Waals surface area (Å²) >= 11 is 7.65. The summed E-state index contributed by atoms with van der Waals surface area (Å²) in [4.78, 5) is 11.6. The van der Waals surface area contributed by atoms with Crippen LogP contribution in [0.4, 0.5) is 11.4 Å². The standard InChI is InChI=1S/C14H15ClN2O2S/c1-8-4-5-20-14(8)10(3)16-12-7-11(15)13(17(18)19)6-9(12)2/h4-7,10,16H,1-3H3. The van der Waals surface area contributed by atoms with Crippen molar-refractivity contribution in [2.24, 2.45) is 0 Å². The van der Waals surface area contributed by atoms with E-state index in [1.807, 2.05) is 6.92 Å². The number of nitrogens with zero attached hydrogens (tertiary/aromatic N) is 1. The molecule has 1 aromatic carbocycles. The second-order valence-electron chi connectivity index (χ2n) is 4.71. The number of nitro groups is 1. The highest BCUT2D eigenvalue weighted by Gasteiger charge is 2.17. The molecule has 0 saturated heterocycles. The van der Waals surface area contributed by atoms with Crippen molar-refractivity contribution < 1.29 is 4.92 Å². The van der Waals surface area contributed by atoms with Gasteiger partial charge in [-0.25, -0.2) is 0 Å². The van der Waals surface area contributed by atoms with Crippen molar-refractivity contribution in [3.05, 3.63) is 54.7 Å². The monoisotopic (exact) mass is 310 g/mol. The van der Waals surface area contributed by atoms with Crippen molar-refractivity contribution in [3.8, 4) is 0 Å². The quantitative estimate of drug-likeness (QED) is 0.631. The summed E-state index contributed by atoms with van der Waals surface area (Å²) in [6.07, 6.45) is 0. The molecule has 2 rings (SSSR count). The Kier molecular flexibility index (Phi) is 4.30. The van der Waals surface area contributed by atoms with Gasteiger partial charge in [-0.2, -0.15) is 0 Å². The van der Waals surface area contributed by atoms with Gasteiger partial charge in [-0.15, -0.1) is 11.3 Å². The summed E-state index contributed by atoms with van der Waals surface area (Å²) in [5.74, 6) is 0. The Hall–Kier alpha value is -1.59. The highest BCUT2D eigenvalue weighted by molar-refractivity contribution is 7.10. The number of thiophene rings is 1. The molecule has 0 aliphatic carbocycles. The van der Waals surface area contributed by atoms with Crippen molar-refractivity contribution in [3.63, 3.8) is 0 Å². The number of nitro benzene ring substituents is 1. The van der Waals surface area contributed by atoms with E-state index in [0.717, 1.165) is 11.3 Å².